The molecule has 0 amide bonds. The van der Waals surface area contributed by atoms with Gasteiger partial charge in [-0.15, -0.1) is 0 Å². The Balaban J connectivity index is 1.81. The van der Waals surface area contributed by atoms with Crippen LogP contribution in [0.4, 0.5) is 0 Å². The van der Waals surface area contributed by atoms with Crippen LogP contribution in [0.3, 0.4) is 0 Å². The summed E-state index contributed by atoms with van der Waals surface area (Å²) in [5, 5.41) is 0. The number of ether oxygens (including phenoxy) is 1. The molecular formula is C8H12O. The van der Waals surface area contributed by atoms with Crippen LogP contribution in [0.1, 0.15) is 19.8 Å². The Kier molecular flexibility index (Phi) is 0.628. The van der Waals surface area contributed by atoms with Crippen molar-refractivity contribution in [3.8, 4) is 0 Å². The molecule has 1 heterocycles. The molecule has 0 N–H and O–H groups in total. The van der Waals surface area contributed by atoms with Crippen molar-refractivity contribution in [3.63, 3.8) is 0 Å². The van der Waals surface area contributed by atoms with Crippen LogP contribution < -0.4 is 0 Å². The topological polar surface area (TPSA) is 12.5 Å². The standard InChI is InChI=1S/C8H12O/c1-4-5-2-7-8(9-7)3-6(4)5/h4-8H,2-3H2,1H3. The van der Waals surface area contributed by atoms with Crippen molar-refractivity contribution in [2.45, 2.75) is 32.0 Å². The SMILES string of the molecule is CC1C2CC3OC3CC12. The quantitative estimate of drug-likeness (QED) is 0.445. The van der Waals surface area contributed by atoms with Crippen LogP contribution in [0.2, 0.25) is 0 Å². The van der Waals surface area contributed by atoms with E-state index in [0.29, 0.717) is 12.2 Å². The van der Waals surface area contributed by atoms with E-state index in [2.05, 4.69) is 6.92 Å². The average molecular weight is 124 g/mol. The highest BCUT2D eigenvalue weighted by Crippen LogP contribution is 2.59. The lowest BCUT2D eigenvalue weighted by Gasteiger charge is -1.99. The summed E-state index contributed by atoms with van der Waals surface area (Å²) in [5.41, 5.74) is 0. The van der Waals surface area contributed by atoms with Crippen molar-refractivity contribution in [3.05, 3.63) is 0 Å². The Morgan fingerprint density at radius 1 is 1.11 bits per heavy atom. The maximum Gasteiger partial charge on any atom is 0.0844 e. The summed E-state index contributed by atoms with van der Waals surface area (Å²) < 4.78 is 5.43. The van der Waals surface area contributed by atoms with Gasteiger partial charge in [-0.05, 0) is 30.6 Å². The van der Waals surface area contributed by atoms with E-state index in [9.17, 15) is 0 Å². The summed E-state index contributed by atoms with van der Waals surface area (Å²) in [4.78, 5) is 0. The molecule has 0 bridgehead atoms. The molecule has 0 aromatic heterocycles. The molecule has 0 aromatic carbocycles. The van der Waals surface area contributed by atoms with Crippen molar-refractivity contribution >= 4 is 0 Å². The number of fused-ring (bicyclic) bond motifs is 2. The minimum atomic E-state index is 0.705. The van der Waals surface area contributed by atoms with Gasteiger partial charge < -0.3 is 4.74 Å². The lowest BCUT2D eigenvalue weighted by molar-refractivity contribution is 0.358. The zero-order chi connectivity index (χ0) is 6.01. The summed E-state index contributed by atoms with van der Waals surface area (Å²) in [6.45, 7) is 2.39. The van der Waals surface area contributed by atoms with E-state index >= 15 is 0 Å². The predicted octanol–water partition coefficient (Wildman–Crippen LogP) is 1.43. The first-order chi connectivity index (χ1) is 4.36. The molecule has 1 saturated heterocycles. The molecule has 1 heteroatoms. The Morgan fingerprint density at radius 2 is 1.67 bits per heavy atom. The van der Waals surface area contributed by atoms with Gasteiger partial charge in [0.2, 0.25) is 0 Å². The number of hydrogen-bond donors (Lipinski definition) is 0. The maximum absolute atomic E-state index is 5.43. The molecule has 1 aliphatic heterocycles. The van der Waals surface area contributed by atoms with Gasteiger partial charge in [0.05, 0.1) is 12.2 Å². The maximum atomic E-state index is 5.43. The largest absolute Gasteiger partial charge is 0.370 e. The Bertz CT molecular complexity index is 139. The third-order valence-corrected chi connectivity index (χ3v) is 3.46. The molecule has 3 aliphatic rings. The highest BCUT2D eigenvalue weighted by molar-refractivity contribution is 5.07. The van der Waals surface area contributed by atoms with Crippen molar-refractivity contribution in [2.24, 2.45) is 17.8 Å². The van der Waals surface area contributed by atoms with Gasteiger partial charge in [0.15, 0.2) is 0 Å². The van der Waals surface area contributed by atoms with Crippen LogP contribution in [0.25, 0.3) is 0 Å². The summed E-state index contributed by atoms with van der Waals surface area (Å²) in [7, 11) is 0. The van der Waals surface area contributed by atoms with Crippen LogP contribution >= 0.6 is 0 Å². The monoisotopic (exact) mass is 124 g/mol. The molecule has 2 aliphatic carbocycles. The second-order valence-electron chi connectivity index (χ2n) is 3.87. The van der Waals surface area contributed by atoms with Gasteiger partial charge in [0.1, 0.15) is 0 Å². The van der Waals surface area contributed by atoms with Crippen LogP contribution in [-0.4, -0.2) is 12.2 Å². The molecule has 50 valence electrons. The molecule has 3 rings (SSSR count). The first kappa shape index (κ1) is 4.73. The van der Waals surface area contributed by atoms with E-state index in [1.807, 2.05) is 0 Å². The molecule has 0 aromatic rings. The van der Waals surface area contributed by atoms with Crippen molar-refractivity contribution < 1.29 is 4.74 Å². The van der Waals surface area contributed by atoms with E-state index in [1.54, 1.807) is 0 Å². The van der Waals surface area contributed by atoms with E-state index in [4.69, 9.17) is 4.74 Å². The zero-order valence-electron chi connectivity index (χ0n) is 5.71. The molecule has 1 nitrogen and oxygen atoms in total. The highest BCUT2D eigenvalue weighted by Gasteiger charge is 2.59. The molecule has 0 radical (unpaired) electrons. The van der Waals surface area contributed by atoms with E-state index in [-0.39, 0.29) is 0 Å². The predicted molar refractivity (Wildman–Crippen MR) is 34.0 cm³/mol. The second-order valence-corrected chi connectivity index (χ2v) is 3.87. The number of rotatable bonds is 0. The van der Waals surface area contributed by atoms with Gasteiger partial charge >= 0.3 is 0 Å². The van der Waals surface area contributed by atoms with Gasteiger partial charge in [0.25, 0.3) is 0 Å². The molecule has 3 fully saturated rings. The lowest BCUT2D eigenvalue weighted by Crippen LogP contribution is -2.03. The smallest absolute Gasteiger partial charge is 0.0844 e. The fourth-order valence-corrected chi connectivity index (χ4v) is 2.55. The average Bonchev–Trinajstić information content (AvgIpc) is 2.69. The lowest BCUT2D eigenvalue weighted by atomic mass is 10.0. The van der Waals surface area contributed by atoms with Gasteiger partial charge in [-0.2, -0.15) is 0 Å². The van der Waals surface area contributed by atoms with Crippen LogP contribution in [0.15, 0.2) is 0 Å². The third-order valence-electron chi connectivity index (χ3n) is 3.46. The minimum Gasteiger partial charge on any atom is -0.370 e. The highest BCUT2D eigenvalue weighted by atomic mass is 16.6. The first-order valence-electron chi connectivity index (χ1n) is 4.02. The minimum absolute atomic E-state index is 0.705. The van der Waals surface area contributed by atoms with Crippen LogP contribution in [0.5, 0.6) is 0 Å². The van der Waals surface area contributed by atoms with Gasteiger partial charge in [-0.1, -0.05) is 6.92 Å². The Morgan fingerprint density at radius 3 is 2.22 bits per heavy atom. The molecule has 9 heavy (non-hydrogen) atoms. The van der Waals surface area contributed by atoms with E-state index < -0.39 is 0 Å². The van der Waals surface area contributed by atoms with Crippen molar-refractivity contribution in [1.29, 1.82) is 0 Å². The summed E-state index contributed by atoms with van der Waals surface area (Å²) in [5.74, 6) is 3.17. The summed E-state index contributed by atoms with van der Waals surface area (Å²) in [6.07, 6.45) is 4.18. The van der Waals surface area contributed by atoms with E-state index in [1.165, 1.54) is 12.8 Å². The van der Waals surface area contributed by atoms with Crippen LogP contribution in [-0.2, 0) is 4.74 Å². The molecule has 2 saturated carbocycles. The Labute approximate surface area is 55.4 Å². The van der Waals surface area contributed by atoms with Crippen LogP contribution in [0, 0.1) is 17.8 Å². The van der Waals surface area contributed by atoms with Crippen molar-refractivity contribution in [2.75, 3.05) is 0 Å². The fourth-order valence-electron chi connectivity index (χ4n) is 2.55. The second kappa shape index (κ2) is 1.20. The van der Waals surface area contributed by atoms with E-state index in [0.717, 1.165) is 17.8 Å². The first-order valence-corrected chi connectivity index (χ1v) is 4.02. The number of epoxide rings is 1. The molecule has 4 atom stereocenters. The summed E-state index contributed by atoms with van der Waals surface area (Å²) >= 11 is 0. The molecule has 4 unspecified atom stereocenters. The zero-order valence-corrected chi connectivity index (χ0v) is 5.71. The van der Waals surface area contributed by atoms with Gasteiger partial charge in [-0.3, -0.25) is 0 Å². The summed E-state index contributed by atoms with van der Waals surface area (Å²) in [6, 6.07) is 0. The molecule has 0 spiro atoms. The third kappa shape index (κ3) is 0.493. The Hall–Kier alpha value is -0.0400. The fraction of sp³-hybridized carbons (Fsp3) is 1.00. The van der Waals surface area contributed by atoms with Gasteiger partial charge in [-0.25, -0.2) is 0 Å². The van der Waals surface area contributed by atoms with Crippen molar-refractivity contribution in [1.82, 2.24) is 0 Å². The number of hydrogen-bond acceptors (Lipinski definition) is 1. The van der Waals surface area contributed by atoms with Gasteiger partial charge in [0, 0.05) is 0 Å². The molecular weight excluding hydrogens is 112 g/mol. The normalized spacial score (nSPS) is 68.3.